The van der Waals surface area contributed by atoms with Crippen molar-refractivity contribution < 1.29 is 14.0 Å². The van der Waals surface area contributed by atoms with Crippen molar-refractivity contribution in [2.45, 2.75) is 6.42 Å². The Kier molecular flexibility index (Phi) is 7.05. The molecule has 2 amide bonds. The minimum absolute atomic E-state index is 0. The Bertz CT molecular complexity index is 822. The molecule has 1 fully saturated rings. The molecule has 0 aromatic heterocycles. The van der Waals surface area contributed by atoms with E-state index in [-0.39, 0.29) is 34.8 Å². The molecular weight excluding hydrogens is 392 g/mol. The number of anilines is 1. The first-order valence-corrected chi connectivity index (χ1v) is 8.68. The number of benzene rings is 2. The van der Waals surface area contributed by atoms with Crippen molar-refractivity contribution in [1.82, 2.24) is 9.80 Å². The summed E-state index contributed by atoms with van der Waals surface area (Å²) in [4.78, 5) is 28.1. The number of nitrogen functional groups attached to an aromatic ring is 1. The number of nitrogens with two attached hydrogens (primary N) is 1. The van der Waals surface area contributed by atoms with Gasteiger partial charge in [-0.3, -0.25) is 9.59 Å². The molecule has 1 aliphatic heterocycles. The van der Waals surface area contributed by atoms with Crippen LogP contribution in [0.5, 0.6) is 0 Å². The number of nitrogens with zero attached hydrogens (tertiary/aromatic N) is 2. The van der Waals surface area contributed by atoms with Gasteiger partial charge in [0.25, 0.3) is 5.91 Å². The maximum atomic E-state index is 13.9. The highest BCUT2D eigenvalue weighted by molar-refractivity contribution is 6.30. The smallest absolute Gasteiger partial charge is 0.256 e. The quantitative estimate of drug-likeness (QED) is 0.789. The Morgan fingerprint density at radius 2 is 1.59 bits per heavy atom. The lowest BCUT2D eigenvalue weighted by Crippen LogP contribution is -2.51. The molecule has 8 heteroatoms. The predicted molar refractivity (Wildman–Crippen MR) is 106 cm³/mol. The lowest BCUT2D eigenvalue weighted by molar-refractivity contribution is -0.131. The van der Waals surface area contributed by atoms with E-state index in [2.05, 4.69) is 0 Å². The normalized spacial score (nSPS) is 13.9. The molecule has 0 radical (unpaired) electrons. The van der Waals surface area contributed by atoms with E-state index in [1.807, 2.05) is 12.1 Å². The zero-order valence-electron chi connectivity index (χ0n) is 14.5. The van der Waals surface area contributed by atoms with Crippen molar-refractivity contribution in [3.8, 4) is 0 Å². The highest BCUT2D eigenvalue weighted by Gasteiger charge is 2.26. The zero-order valence-corrected chi connectivity index (χ0v) is 16.1. The van der Waals surface area contributed by atoms with Crippen LogP contribution in [-0.2, 0) is 11.2 Å². The molecule has 1 heterocycles. The first-order valence-electron chi connectivity index (χ1n) is 8.30. The number of piperazine rings is 1. The molecule has 3 rings (SSSR count). The number of rotatable bonds is 3. The summed E-state index contributed by atoms with van der Waals surface area (Å²) < 4.78 is 13.9. The average molecular weight is 412 g/mol. The van der Waals surface area contributed by atoms with E-state index in [9.17, 15) is 14.0 Å². The number of carbonyl (C=O) groups excluding carboxylic acids is 2. The molecule has 5 nitrogen and oxygen atoms in total. The SMILES string of the molecule is Cl.Nc1ccc(CC(=O)N2CCN(C(=O)c3ccc(Cl)cc3F)CC2)cc1. The van der Waals surface area contributed by atoms with E-state index in [1.54, 1.807) is 21.9 Å². The molecule has 27 heavy (non-hydrogen) atoms. The molecule has 1 saturated heterocycles. The third-order valence-electron chi connectivity index (χ3n) is 4.42. The van der Waals surface area contributed by atoms with Crippen LogP contribution in [0.3, 0.4) is 0 Å². The maximum Gasteiger partial charge on any atom is 0.256 e. The van der Waals surface area contributed by atoms with Crippen molar-refractivity contribution in [3.05, 3.63) is 64.4 Å². The molecule has 0 aliphatic carbocycles. The molecule has 1 aliphatic rings. The van der Waals surface area contributed by atoms with Crippen LogP contribution in [0.2, 0.25) is 5.02 Å². The van der Waals surface area contributed by atoms with Crippen molar-refractivity contribution in [1.29, 1.82) is 0 Å². The molecule has 2 aromatic carbocycles. The largest absolute Gasteiger partial charge is 0.399 e. The first-order chi connectivity index (χ1) is 12.4. The highest BCUT2D eigenvalue weighted by Crippen LogP contribution is 2.17. The minimum atomic E-state index is -0.635. The summed E-state index contributed by atoms with van der Waals surface area (Å²) in [5, 5.41) is 0.247. The van der Waals surface area contributed by atoms with Crippen LogP contribution in [0.25, 0.3) is 0 Å². The van der Waals surface area contributed by atoms with Gasteiger partial charge >= 0.3 is 0 Å². The molecule has 2 aromatic rings. The number of halogens is 3. The van der Waals surface area contributed by atoms with Gasteiger partial charge < -0.3 is 15.5 Å². The van der Waals surface area contributed by atoms with Crippen LogP contribution in [-0.4, -0.2) is 47.8 Å². The Balaban J connectivity index is 0.00000261. The van der Waals surface area contributed by atoms with Crippen LogP contribution >= 0.6 is 24.0 Å². The van der Waals surface area contributed by atoms with Gasteiger partial charge in [-0.2, -0.15) is 0 Å². The van der Waals surface area contributed by atoms with E-state index in [4.69, 9.17) is 17.3 Å². The molecule has 0 unspecified atom stereocenters. The van der Waals surface area contributed by atoms with Gasteiger partial charge in [0, 0.05) is 36.9 Å². The lowest BCUT2D eigenvalue weighted by Gasteiger charge is -2.35. The summed E-state index contributed by atoms with van der Waals surface area (Å²) in [6.07, 6.45) is 0.292. The maximum absolute atomic E-state index is 13.9. The van der Waals surface area contributed by atoms with Gasteiger partial charge in [0.15, 0.2) is 0 Å². The number of amides is 2. The van der Waals surface area contributed by atoms with Gasteiger partial charge in [0.2, 0.25) is 5.91 Å². The van der Waals surface area contributed by atoms with E-state index < -0.39 is 5.82 Å². The van der Waals surface area contributed by atoms with Gasteiger partial charge in [-0.1, -0.05) is 23.7 Å². The fraction of sp³-hybridized carbons (Fsp3) is 0.263. The van der Waals surface area contributed by atoms with E-state index in [0.717, 1.165) is 11.6 Å². The molecule has 0 bridgehead atoms. The van der Waals surface area contributed by atoms with Gasteiger partial charge in [0.1, 0.15) is 5.82 Å². The fourth-order valence-corrected chi connectivity index (χ4v) is 3.07. The summed E-state index contributed by atoms with van der Waals surface area (Å²) in [6.45, 7) is 1.59. The summed E-state index contributed by atoms with van der Waals surface area (Å²) >= 11 is 5.72. The second kappa shape index (κ2) is 9.06. The molecule has 0 spiro atoms. The van der Waals surface area contributed by atoms with Crippen molar-refractivity contribution in [3.63, 3.8) is 0 Å². The lowest BCUT2D eigenvalue weighted by atomic mass is 10.1. The van der Waals surface area contributed by atoms with Crippen LogP contribution < -0.4 is 5.73 Å². The van der Waals surface area contributed by atoms with E-state index >= 15 is 0 Å². The monoisotopic (exact) mass is 411 g/mol. The Morgan fingerprint density at radius 1 is 1.00 bits per heavy atom. The second-order valence-corrected chi connectivity index (χ2v) is 6.65. The second-order valence-electron chi connectivity index (χ2n) is 6.22. The van der Waals surface area contributed by atoms with Gasteiger partial charge in [-0.25, -0.2) is 4.39 Å². The van der Waals surface area contributed by atoms with Crippen molar-refractivity contribution >= 4 is 41.5 Å². The third kappa shape index (κ3) is 5.11. The van der Waals surface area contributed by atoms with Gasteiger partial charge in [0.05, 0.1) is 12.0 Å². The van der Waals surface area contributed by atoms with Crippen molar-refractivity contribution in [2.24, 2.45) is 0 Å². The summed E-state index contributed by atoms with van der Waals surface area (Å²) in [7, 11) is 0. The van der Waals surface area contributed by atoms with E-state index in [1.165, 1.54) is 12.1 Å². The molecular formula is C19H20Cl2FN3O2. The topological polar surface area (TPSA) is 66.6 Å². The highest BCUT2D eigenvalue weighted by atomic mass is 35.5. The molecule has 0 saturated carbocycles. The predicted octanol–water partition coefficient (Wildman–Crippen LogP) is 3.01. The van der Waals surface area contributed by atoms with Gasteiger partial charge in [-0.05, 0) is 35.9 Å². The standard InChI is InChI=1S/C19H19ClFN3O2.ClH/c20-14-3-6-16(17(21)12-14)19(26)24-9-7-23(8-10-24)18(25)11-13-1-4-15(22)5-2-13;/h1-6,12H,7-11,22H2;1H. The summed E-state index contributed by atoms with van der Waals surface area (Å²) in [5.41, 5.74) is 7.19. The molecule has 144 valence electrons. The van der Waals surface area contributed by atoms with Gasteiger partial charge in [-0.15, -0.1) is 12.4 Å². The number of hydrogen-bond donors (Lipinski definition) is 1. The Morgan fingerprint density at radius 3 is 2.19 bits per heavy atom. The Hall–Kier alpha value is -2.31. The van der Waals surface area contributed by atoms with Crippen LogP contribution in [0.15, 0.2) is 42.5 Å². The molecule has 0 atom stereocenters. The van der Waals surface area contributed by atoms with Crippen LogP contribution in [0.4, 0.5) is 10.1 Å². The number of carbonyl (C=O) groups is 2. The van der Waals surface area contributed by atoms with E-state index in [0.29, 0.717) is 38.3 Å². The minimum Gasteiger partial charge on any atom is -0.399 e. The fourth-order valence-electron chi connectivity index (χ4n) is 2.91. The van der Waals surface area contributed by atoms with Crippen molar-refractivity contribution in [2.75, 3.05) is 31.9 Å². The number of hydrogen-bond acceptors (Lipinski definition) is 3. The summed E-state index contributed by atoms with van der Waals surface area (Å²) in [5.74, 6) is -1.02. The first kappa shape index (κ1) is 21.0. The van der Waals surface area contributed by atoms with Crippen LogP contribution in [0, 0.1) is 5.82 Å². The summed E-state index contributed by atoms with van der Waals surface area (Å²) in [6, 6.07) is 11.2. The van der Waals surface area contributed by atoms with Crippen LogP contribution in [0.1, 0.15) is 15.9 Å². The Labute approximate surface area is 168 Å². The third-order valence-corrected chi connectivity index (χ3v) is 4.65. The average Bonchev–Trinajstić information content (AvgIpc) is 2.63. The zero-order chi connectivity index (χ0) is 18.7. The molecule has 2 N–H and O–H groups in total.